The van der Waals surface area contributed by atoms with Crippen LogP contribution in [0.25, 0.3) is 0 Å². The van der Waals surface area contributed by atoms with Crippen LogP contribution in [0.15, 0.2) is 42.5 Å². The number of aliphatic hydroxyl groups is 2. The van der Waals surface area contributed by atoms with Gasteiger partial charge in [-0.2, -0.15) is 0 Å². The molecule has 1 aliphatic heterocycles. The van der Waals surface area contributed by atoms with Crippen LogP contribution in [0, 0.1) is 23.7 Å². The Hall–Kier alpha value is -2.53. The molecule has 1 heterocycles. The monoisotopic (exact) mass is 947 g/mol. The number of rotatable bonds is 25. The van der Waals surface area contributed by atoms with Crippen molar-refractivity contribution in [3.63, 3.8) is 0 Å². The van der Waals surface area contributed by atoms with Gasteiger partial charge in [-0.15, -0.1) is 11.8 Å². The van der Waals surface area contributed by atoms with Crippen molar-refractivity contribution in [2.24, 2.45) is 11.8 Å². The summed E-state index contributed by atoms with van der Waals surface area (Å²) in [5, 5.41) is 26.0. The number of hydrogen-bond donors (Lipinski definition) is 2. The third-order valence-electron chi connectivity index (χ3n) is 14.2. The molecular weight excluding hydrogens is 861 g/mol. The SMILES string of the molecule is CC#CCC[C@H](O[Si](C)(C)C(C)(C)C)[C@H](C[C@H](OCc1ccc(OC)c(OC)c1)[C@@H](O)[C@]1(O)O[C@H](C[C@H](COC)OCc2ccc(OC)cc2)[C@H](C)[C@H](O[Si](C)(C)C(C)(C)C)[C@H]1C)OC. The molecule has 370 valence electrons. The third kappa shape index (κ3) is 15.2. The number of benzene rings is 2. The molecule has 65 heavy (non-hydrogen) atoms. The molecule has 0 bridgehead atoms. The summed E-state index contributed by atoms with van der Waals surface area (Å²) >= 11 is 0. The second-order valence-electron chi connectivity index (χ2n) is 20.7. The van der Waals surface area contributed by atoms with Gasteiger partial charge in [0, 0.05) is 45.3 Å². The normalized spacial score (nSPS) is 23.1. The van der Waals surface area contributed by atoms with Gasteiger partial charge in [0.25, 0.3) is 0 Å². The zero-order valence-corrected chi connectivity index (χ0v) is 45.2. The molecule has 0 saturated carbocycles. The van der Waals surface area contributed by atoms with Gasteiger partial charge in [0.2, 0.25) is 0 Å². The molecular formula is C51H86O12Si2. The first-order valence-corrected chi connectivity index (χ1v) is 29.1. The highest BCUT2D eigenvalue weighted by Gasteiger charge is 2.59. The molecule has 0 spiro atoms. The van der Waals surface area contributed by atoms with E-state index in [2.05, 4.69) is 86.5 Å². The fourth-order valence-corrected chi connectivity index (χ4v) is 10.7. The van der Waals surface area contributed by atoms with Crippen molar-refractivity contribution in [1.29, 1.82) is 0 Å². The molecule has 0 aromatic heterocycles. The van der Waals surface area contributed by atoms with Gasteiger partial charge >= 0.3 is 0 Å². The minimum absolute atomic E-state index is 0.0762. The first kappa shape index (κ1) is 56.8. The van der Waals surface area contributed by atoms with E-state index in [1.165, 1.54) is 0 Å². The summed E-state index contributed by atoms with van der Waals surface area (Å²) in [7, 11) is 3.35. The zero-order chi connectivity index (χ0) is 49.0. The van der Waals surface area contributed by atoms with Crippen molar-refractivity contribution >= 4 is 16.6 Å². The molecule has 0 aliphatic carbocycles. The third-order valence-corrected chi connectivity index (χ3v) is 23.2. The van der Waals surface area contributed by atoms with Crippen molar-refractivity contribution in [2.75, 3.05) is 42.2 Å². The number of aliphatic hydroxyl groups excluding tert-OH is 1. The van der Waals surface area contributed by atoms with E-state index in [0.29, 0.717) is 37.4 Å². The predicted molar refractivity (Wildman–Crippen MR) is 263 cm³/mol. The minimum atomic E-state index is -2.44. The lowest BCUT2D eigenvalue weighted by atomic mass is 9.76. The lowest BCUT2D eigenvalue weighted by molar-refractivity contribution is -0.363. The Morgan fingerprint density at radius 1 is 0.769 bits per heavy atom. The highest BCUT2D eigenvalue weighted by molar-refractivity contribution is 6.74. The fraction of sp³-hybridized carbons (Fsp3) is 0.725. The Labute approximate surface area is 394 Å². The van der Waals surface area contributed by atoms with Crippen LogP contribution in [0.4, 0.5) is 0 Å². The topological polar surface area (TPSA) is 133 Å². The fourth-order valence-electron chi connectivity index (χ4n) is 7.82. The molecule has 2 aromatic rings. The Kier molecular flexibility index (Phi) is 21.6. The molecule has 14 heteroatoms. The van der Waals surface area contributed by atoms with Crippen molar-refractivity contribution in [3.8, 4) is 29.1 Å². The number of hydrogen-bond acceptors (Lipinski definition) is 12. The van der Waals surface area contributed by atoms with E-state index >= 15 is 0 Å². The predicted octanol–water partition coefficient (Wildman–Crippen LogP) is 9.93. The van der Waals surface area contributed by atoms with Crippen LogP contribution >= 0.6 is 0 Å². The summed E-state index contributed by atoms with van der Waals surface area (Å²) < 4.78 is 63.0. The molecule has 1 aliphatic rings. The van der Waals surface area contributed by atoms with E-state index in [-0.39, 0.29) is 41.7 Å². The molecule has 3 rings (SSSR count). The summed E-state index contributed by atoms with van der Waals surface area (Å²) in [5.74, 6) is 5.10. The lowest BCUT2D eigenvalue weighted by Gasteiger charge is -2.55. The van der Waals surface area contributed by atoms with Gasteiger partial charge in [0.1, 0.15) is 11.9 Å². The van der Waals surface area contributed by atoms with Gasteiger partial charge in [-0.25, -0.2) is 0 Å². The molecule has 0 unspecified atom stereocenters. The second kappa shape index (κ2) is 24.7. The van der Waals surface area contributed by atoms with Crippen LogP contribution in [0.1, 0.15) is 99.1 Å². The van der Waals surface area contributed by atoms with Gasteiger partial charge in [0.05, 0.1) is 77.8 Å². The molecule has 0 radical (unpaired) electrons. The van der Waals surface area contributed by atoms with E-state index in [1.807, 2.05) is 56.3 Å². The maximum atomic E-state index is 13.3. The Morgan fingerprint density at radius 2 is 1.37 bits per heavy atom. The molecule has 12 nitrogen and oxygen atoms in total. The first-order valence-electron chi connectivity index (χ1n) is 23.2. The smallest absolute Gasteiger partial charge is 0.199 e. The molecule has 2 aromatic carbocycles. The molecule has 10 atom stereocenters. The van der Waals surface area contributed by atoms with Gasteiger partial charge in [0.15, 0.2) is 33.9 Å². The highest BCUT2D eigenvalue weighted by Crippen LogP contribution is 2.47. The van der Waals surface area contributed by atoms with Crippen LogP contribution in [-0.2, 0) is 45.8 Å². The standard InChI is InChI=1S/C51H86O12Si2/c1-19-20-21-22-42(62-64(15,16)49(4,5)6)45(58-14)31-46(60-33-38-25-28-41(56-12)44(29-38)57-13)48(52)51(53)36(3)47(63-65(17,18)50(7,8)9)35(2)43(61-51)30-40(34-54-10)59-32-37-23-26-39(55-11)27-24-37/h23-29,35-36,40,42-43,45-48,52-53H,21-22,30-34H2,1-18H3/t35-,36+,40+,42-,43+,45-,46-,47-,48+,51+/m0/s1. The molecule has 2 N–H and O–H groups in total. The Morgan fingerprint density at radius 3 is 1.91 bits per heavy atom. The average Bonchev–Trinajstić information content (AvgIpc) is 3.25. The van der Waals surface area contributed by atoms with Gasteiger partial charge in [-0.05, 0) is 85.0 Å². The van der Waals surface area contributed by atoms with E-state index in [0.717, 1.165) is 16.9 Å². The molecule has 1 fully saturated rings. The van der Waals surface area contributed by atoms with E-state index in [4.69, 9.17) is 46.7 Å². The van der Waals surface area contributed by atoms with Gasteiger partial charge in [-0.1, -0.05) is 73.6 Å². The Bertz CT molecular complexity index is 1780. The van der Waals surface area contributed by atoms with Crippen molar-refractivity contribution in [2.45, 2.75) is 186 Å². The summed E-state index contributed by atoms with van der Waals surface area (Å²) in [6.45, 7) is 28.6. The number of methoxy groups -OCH3 is 5. The van der Waals surface area contributed by atoms with Crippen LogP contribution in [0.3, 0.4) is 0 Å². The quantitative estimate of drug-likeness (QED) is 0.0726. The minimum Gasteiger partial charge on any atom is -0.497 e. The lowest BCUT2D eigenvalue weighted by Crippen LogP contribution is -2.67. The van der Waals surface area contributed by atoms with E-state index in [1.54, 1.807) is 35.5 Å². The molecule has 1 saturated heterocycles. The summed E-state index contributed by atoms with van der Waals surface area (Å²) in [6, 6.07) is 13.3. The van der Waals surface area contributed by atoms with Crippen molar-refractivity contribution < 1.29 is 57.0 Å². The van der Waals surface area contributed by atoms with Gasteiger partial charge in [-0.3, -0.25) is 0 Å². The first-order chi connectivity index (χ1) is 30.3. The van der Waals surface area contributed by atoms with Crippen LogP contribution in [0.2, 0.25) is 36.3 Å². The summed E-state index contributed by atoms with van der Waals surface area (Å²) in [5.41, 5.74) is 1.76. The average molecular weight is 947 g/mol. The van der Waals surface area contributed by atoms with Crippen molar-refractivity contribution in [1.82, 2.24) is 0 Å². The Balaban J connectivity index is 2.16. The largest absolute Gasteiger partial charge is 0.497 e. The van der Waals surface area contributed by atoms with E-state index in [9.17, 15) is 10.2 Å². The van der Waals surface area contributed by atoms with Crippen LogP contribution < -0.4 is 14.2 Å². The number of ether oxygens (including phenoxy) is 8. The zero-order valence-electron chi connectivity index (χ0n) is 43.2. The van der Waals surface area contributed by atoms with E-state index < -0.39 is 65.0 Å². The maximum Gasteiger partial charge on any atom is 0.199 e. The molecule has 0 amide bonds. The summed E-state index contributed by atoms with van der Waals surface area (Å²) in [4.78, 5) is 0. The van der Waals surface area contributed by atoms with Crippen LogP contribution in [0.5, 0.6) is 17.2 Å². The van der Waals surface area contributed by atoms with Crippen molar-refractivity contribution in [3.05, 3.63) is 53.6 Å². The second-order valence-corrected chi connectivity index (χ2v) is 30.3. The summed E-state index contributed by atoms with van der Waals surface area (Å²) in [6.07, 6.45) is -3.25. The van der Waals surface area contributed by atoms with Crippen LogP contribution in [-0.4, -0.2) is 118 Å². The van der Waals surface area contributed by atoms with Gasteiger partial charge < -0.3 is 57.0 Å². The maximum absolute atomic E-state index is 13.3. The highest BCUT2D eigenvalue weighted by atomic mass is 28.4.